The number of ether oxygens (including phenoxy) is 2. The van der Waals surface area contributed by atoms with E-state index in [-0.39, 0.29) is 5.02 Å². The number of hydrogen-bond donors (Lipinski definition) is 3. The standard InChI is InChI=1S/C27H34ClN7O4S/c1-38-24-17-19(35-12-6-5-9-25(35)34-13-15-39-16-14-34)10-11-23(24)31-27-29-18-20(28)26(32-27)30-21-7-3-4-8-22(21)33-40(2,36)37/h3-4,7-8,10-11,17-18,25,33H,5-6,9,12-16H2,1-2H3,(H2,29,30,31,32). The minimum atomic E-state index is -3.47. The molecule has 2 saturated heterocycles. The summed E-state index contributed by atoms with van der Waals surface area (Å²) in [5, 5.41) is 6.62. The van der Waals surface area contributed by atoms with E-state index < -0.39 is 10.0 Å². The first-order valence-corrected chi connectivity index (χ1v) is 15.5. The summed E-state index contributed by atoms with van der Waals surface area (Å²) in [6, 6.07) is 13.0. The van der Waals surface area contributed by atoms with E-state index >= 15 is 0 Å². The zero-order chi connectivity index (χ0) is 28.1. The van der Waals surface area contributed by atoms with Gasteiger partial charge in [0, 0.05) is 31.4 Å². The Labute approximate surface area is 239 Å². The topological polar surface area (TPSA) is 121 Å². The van der Waals surface area contributed by atoms with Gasteiger partial charge in [-0.05, 0) is 43.5 Å². The predicted octanol–water partition coefficient (Wildman–Crippen LogP) is 4.65. The molecule has 0 saturated carbocycles. The summed E-state index contributed by atoms with van der Waals surface area (Å²) < 4.78 is 37.4. The van der Waals surface area contributed by atoms with Crippen molar-refractivity contribution >= 4 is 56.1 Å². The smallest absolute Gasteiger partial charge is 0.229 e. The zero-order valence-electron chi connectivity index (χ0n) is 22.6. The minimum Gasteiger partial charge on any atom is -0.494 e. The molecule has 0 amide bonds. The molecule has 2 fully saturated rings. The molecule has 2 aliphatic heterocycles. The van der Waals surface area contributed by atoms with E-state index in [0.29, 0.717) is 40.7 Å². The Morgan fingerprint density at radius 1 is 1.02 bits per heavy atom. The summed E-state index contributed by atoms with van der Waals surface area (Å²) >= 11 is 6.38. The fraction of sp³-hybridized carbons (Fsp3) is 0.407. The molecule has 2 aromatic carbocycles. The SMILES string of the molecule is COc1cc(N2CCCCC2N2CCOCC2)ccc1Nc1ncc(Cl)c(Nc2ccccc2NS(C)(=O)=O)n1. The molecule has 0 radical (unpaired) electrons. The van der Waals surface area contributed by atoms with Crippen molar-refractivity contribution in [2.45, 2.75) is 25.4 Å². The molecule has 3 heterocycles. The molecular formula is C27H34ClN7O4S. The van der Waals surface area contributed by atoms with Gasteiger partial charge in [-0.2, -0.15) is 4.98 Å². The molecule has 214 valence electrons. The highest BCUT2D eigenvalue weighted by Crippen LogP contribution is 2.36. The van der Waals surface area contributed by atoms with Gasteiger partial charge >= 0.3 is 0 Å². The van der Waals surface area contributed by atoms with Crippen LogP contribution in [0.15, 0.2) is 48.7 Å². The van der Waals surface area contributed by atoms with E-state index in [2.05, 4.69) is 41.2 Å². The first-order chi connectivity index (χ1) is 19.3. The summed E-state index contributed by atoms with van der Waals surface area (Å²) in [7, 11) is -1.83. The molecule has 1 atom stereocenters. The Balaban J connectivity index is 1.36. The summed E-state index contributed by atoms with van der Waals surface area (Å²) in [4.78, 5) is 13.8. The lowest BCUT2D eigenvalue weighted by molar-refractivity contribution is 0.0107. The van der Waals surface area contributed by atoms with Crippen LogP contribution in [0.4, 0.5) is 34.5 Å². The number of piperidine rings is 1. The summed E-state index contributed by atoms with van der Waals surface area (Å²) in [5.74, 6) is 1.29. The van der Waals surface area contributed by atoms with Crippen molar-refractivity contribution in [3.8, 4) is 5.75 Å². The van der Waals surface area contributed by atoms with Gasteiger partial charge in [0.2, 0.25) is 16.0 Å². The van der Waals surface area contributed by atoms with Crippen molar-refractivity contribution in [3.63, 3.8) is 0 Å². The number of para-hydroxylation sites is 2. The molecule has 3 N–H and O–H groups in total. The van der Waals surface area contributed by atoms with Gasteiger partial charge in [0.15, 0.2) is 5.82 Å². The van der Waals surface area contributed by atoms with Crippen LogP contribution in [0.5, 0.6) is 5.75 Å². The number of halogens is 1. The highest BCUT2D eigenvalue weighted by Gasteiger charge is 2.29. The second-order valence-electron chi connectivity index (χ2n) is 9.76. The fourth-order valence-corrected chi connectivity index (χ4v) is 5.79. The molecule has 13 heteroatoms. The van der Waals surface area contributed by atoms with E-state index in [0.717, 1.165) is 57.6 Å². The van der Waals surface area contributed by atoms with Gasteiger partial charge in [0.05, 0.1) is 56.0 Å². The number of nitrogens with zero attached hydrogens (tertiary/aromatic N) is 4. The number of sulfonamides is 1. The van der Waals surface area contributed by atoms with Gasteiger partial charge in [-0.15, -0.1) is 0 Å². The van der Waals surface area contributed by atoms with Crippen LogP contribution in [-0.4, -0.2) is 75.7 Å². The Bertz CT molecular complexity index is 1440. The molecule has 1 unspecified atom stereocenters. The predicted molar refractivity (Wildman–Crippen MR) is 159 cm³/mol. The number of benzene rings is 2. The van der Waals surface area contributed by atoms with Crippen molar-refractivity contribution < 1.29 is 17.9 Å². The van der Waals surface area contributed by atoms with Crippen LogP contribution in [0.3, 0.4) is 0 Å². The largest absolute Gasteiger partial charge is 0.494 e. The van der Waals surface area contributed by atoms with Crippen LogP contribution < -0.4 is 25.0 Å². The van der Waals surface area contributed by atoms with Crippen LogP contribution >= 0.6 is 11.6 Å². The number of aromatic nitrogens is 2. The number of methoxy groups -OCH3 is 1. The highest BCUT2D eigenvalue weighted by molar-refractivity contribution is 7.92. The Hall–Kier alpha value is -3.32. The fourth-order valence-electron chi connectivity index (χ4n) is 5.08. The first kappa shape index (κ1) is 28.2. The van der Waals surface area contributed by atoms with Crippen molar-refractivity contribution in [2.75, 3.05) is 66.5 Å². The Morgan fingerprint density at radius 3 is 2.55 bits per heavy atom. The second kappa shape index (κ2) is 12.5. The lowest BCUT2D eigenvalue weighted by Crippen LogP contribution is -2.54. The normalized spacial score (nSPS) is 18.3. The molecule has 1 aromatic heterocycles. The maximum atomic E-state index is 11.8. The second-order valence-corrected chi connectivity index (χ2v) is 11.9. The third-order valence-corrected chi connectivity index (χ3v) is 7.79. The van der Waals surface area contributed by atoms with Crippen LogP contribution in [0.2, 0.25) is 5.02 Å². The monoisotopic (exact) mass is 587 g/mol. The summed E-state index contributed by atoms with van der Waals surface area (Å²) in [6.45, 7) is 4.42. The molecule has 11 nitrogen and oxygen atoms in total. The van der Waals surface area contributed by atoms with Gasteiger partial charge in [-0.1, -0.05) is 23.7 Å². The molecule has 0 bridgehead atoms. The summed E-state index contributed by atoms with van der Waals surface area (Å²) in [6.07, 6.45) is 6.41. The molecule has 0 spiro atoms. The van der Waals surface area contributed by atoms with Crippen LogP contribution in [-0.2, 0) is 14.8 Å². The average Bonchev–Trinajstić information content (AvgIpc) is 2.96. The third kappa shape index (κ3) is 6.87. The third-order valence-electron chi connectivity index (χ3n) is 6.92. The van der Waals surface area contributed by atoms with Crippen LogP contribution in [0.25, 0.3) is 0 Å². The van der Waals surface area contributed by atoms with E-state index in [1.54, 1.807) is 31.4 Å². The van der Waals surface area contributed by atoms with Gasteiger partial charge in [0.1, 0.15) is 10.8 Å². The van der Waals surface area contributed by atoms with E-state index in [1.165, 1.54) is 12.6 Å². The number of nitrogens with one attached hydrogen (secondary N) is 3. The number of morpholine rings is 1. The van der Waals surface area contributed by atoms with Gasteiger partial charge in [-0.25, -0.2) is 13.4 Å². The maximum absolute atomic E-state index is 11.8. The van der Waals surface area contributed by atoms with Crippen molar-refractivity contribution in [3.05, 3.63) is 53.7 Å². The maximum Gasteiger partial charge on any atom is 0.229 e. The molecule has 40 heavy (non-hydrogen) atoms. The zero-order valence-corrected chi connectivity index (χ0v) is 24.1. The van der Waals surface area contributed by atoms with E-state index in [1.807, 2.05) is 12.1 Å². The van der Waals surface area contributed by atoms with Gasteiger partial charge in [-0.3, -0.25) is 9.62 Å². The van der Waals surface area contributed by atoms with Crippen molar-refractivity contribution in [2.24, 2.45) is 0 Å². The number of anilines is 6. The van der Waals surface area contributed by atoms with Crippen LogP contribution in [0.1, 0.15) is 19.3 Å². The Kier molecular flexibility index (Phi) is 8.79. The van der Waals surface area contributed by atoms with E-state index in [9.17, 15) is 8.42 Å². The summed E-state index contributed by atoms with van der Waals surface area (Å²) in [5.41, 5.74) is 2.68. The van der Waals surface area contributed by atoms with E-state index in [4.69, 9.17) is 21.1 Å². The van der Waals surface area contributed by atoms with Gasteiger partial charge < -0.3 is 25.0 Å². The lowest BCUT2D eigenvalue weighted by Gasteiger charge is -2.45. The van der Waals surface area contributed by atoms with Crippen LogP contribution in [0, 0.1) is 0 Å². The molecule has 2 aliphatic rings. The van der Waals surface area contributed by atoms with Crippen molar-refractivity contribution in [1.82, 2.24) is 14.9 Å². The highest BCUT2D eigenvalue weighted by atomic mass is 35.5. The van der Waals surface area contributed by atoms with Gasteiger partial charge in [0.25, 0.3) is 0 Å². The van der Waals surface area contributed by atoms with Crippen molar-refractivity contribution in [1.29, 1.82) is 0 Å². The number of rotatable bonds is 9. The minimum absolute atomic E-state index is 0.279. The molecular weight excluding hydrogens is 554 g/mol. The lowest BCUT2D eigenvalue weighted by atomic mass is 10.0. The molecule has 0 aliphatic carbocycles. The number of hydrogen-bond acceptors (Lipinski definition) is 10. The molecule has 5 rings (SSSR count). The molecule has 3 aromatic rings. The quantitative estimate of drug-likeness (QED) is 0.326. The average molecular weight is 588 g/mol. The Morgan fingerprint density at radius 2 is 1.80 bits per heavy atom. The first-order valence-electron chi connectivity index (χ1n) is 13.2.